The van der Waals surface area contributed by atoms with Gasteiger partial charge in [-0.3, -0.25) is 0 Å². The van der Waals surface area contributed by atoms with Crippen molar-refractivity contribution in [2.45, 2.75) is 5.54 Å². The molecule has 94 valence electrons. The Labute approximate surface area is 109 Å². The van der Waals surface area contributed by atoms with E-state index in [1.165, 1.54) is 0 Å². The van der Waals surface area contributed by atoms with Gasteiger partial charge in [0, 0.05) is 11.9 Å². The van der Waals surface area contributed by atoms with Gasteiger partial charge in [0.15, 0.2) is 0 Å². The Balaban J connectivity index is 1.90. The van der Waals surface area contributed by atoms with Crippen molar-refractivity contribution in [3.8, 4) is 0 Å². The third kappa shape index (κ3) is 2.12. The zero-order valence-corrected chi connectivity index (χ0v) is 10.4. The molecule has 0 aliphatic carbocycles. The lowest BCUT2D eigenvalue weighted by Gasteiger charge is -2.37. The maximum atomic E-state index is 6.07. The summed E-state index contributed by atoms with van der Waals surface area (Å²) in [7, 11) is 0. The molecule has 1 aromatic carbocycles. The number of fused-ring (bicyclic) bond motifs is 1. The molecule has 18 heavy (non-hydrogen) atoms. The molecule has 1 aliphatic heterocycles. The summed E-state index contributed by atoms with van der Waals surface area (Å²) in [6.07, 6.45) is 0. The van der Waals surface area contributed by atoms with Gasteiger partial charge < -0.3 is 15.8 Å². The first-order valence-electron chi connectivity index (χ1n) is 5.69. The van der Waals surface area contributed by atoms with E-state index in [2.05, 4.69) is 15.3 Å². The number of rotatable bonds is 3. The van der Waals surface area contributed by atoms with Crippen LogP contribution in [0, 0.1) is 0 Å². The van der Waals surface area contributed by atoms with Crippen molar-refractivity contribution in [3.05, 3.63) is 29.5 Å². The van der Waals surface area contributed by atoms with Crippen LogP contribution in [0.3, 0.4) is 0 Å². The minimum atomic E-state index is -0.307. The highest BCUT2D eigenvalue weighted by Crippen LogP contribution is 2.23. The zero-order chi connectivity index (χ0) is 12.6. The molecule has 0 saturated carbocycles. The molecule has 3 N–H and O–H groups in total. The van der Waals surface area contributed by atoms with Gasteiger partial charge in [0.05, 0.1) is 24.3 Å². The lowest BCUT2D eigenvalue weighted by Crippen LogP contribution is -2.61. The molecule has 0 amide bonds. The molecule has 6 heteroatoms. The van der Waals surface area contributed by atoms with E-state index in [0.717, 1.165) is 10.9 Å². The number of para-hydroxylation sites is 1. The average Bonchev–Trinajstić information content (AvgIpc) is 2.33. The quantitative estimate of drug-likeness (QED) is 0.821. The molecule has 1 fully saturated rings. The van der Waals surface area contributed by atoms with Crippen molar-refractivity contribution < 1.29 is 4.74 Å². The van der Waals surface area contributed by atoms with Gasteiger partial charge in [0.2, 0.25) is 5.28 Å². The summed E-state index contributed by atoms with van der Waals surface area (Å²) in [6.45, 7) is 1.73. The van der Waals surface area contributed by atoms with Crippen molar-refractivity contribution in [1.82, 2.24) is 9.97 Å². The van der Waals surface area contributed by atoms with Gasteiger partial charge in [-0.05, 0) is 23.7 Å². The van der Waals surface area contributed by atoms with E-state index in [-0.39, 0.29) is 10.8 Å². The van der Waals surface area contributed by atoms with E-state index >= 15 is 0 Å². The van der Waals surface area contributed by atoms with Gasteiger partial charge in [-0.1, -0.05) is 12.1 Å². The molecule has 0 unspecified atom stereocenters. The summed E-state index contributed by atoms with van der Waals surface area (Å²) in [5.74, 6) is 0.710. The fourth-order valence-electron chi connectivity index (χ4n) is 1.91. The number of anilines is 1. The first-order valence-corrected chi connectivity index (χ1v) is 6.07. The van der Waals surface area contributed by atoms with Gasteiger partial charge >= 0.3 is 0 Å². The first-order chi connectivity index (χ1) is 8.66. The Hall–Kier alpha value is -1.43. The molecule has 0 bridgehead atoms. The molecule has 2 heterocycles. The molecular formula is C12H13ClN4O. The molecule has 2 aromatic rings. The summed E-state index contributed by atoms with van der Waals surface area (Å²) in [6, 6.07) is 7.71. The van der Waals surface area contributed by atoms with E-state index < -0.39 is 0 Å². The number of nitrogens with zero attached hydrogens (tertiary/aromatic N) is 2. The molecule has 3 rings (SSSR count). The molecule has 5 nitrogen and oxygen atoms in total. The fraction of sp³-hybridized carbons (Fsp3) is 0.333. The zero-order valence-electron chi connectivity index (χ0n) is 9.69. The van der Waals surface area contributed by atoms with Crippen LogP contribution < -0.4 is 11.1 Å². The Morgan fingerprint density at radius 2 is 2.11 bits per heavy atom. The van der Waals surface area contributed by atoms with Gasteiger partial charge in [0.25, 0.3) is 0 Å². The predicted molar refractivity (Wildman–Crippen MR) is 70.8 cm³/mol. The van der Waals surface area contributed by atoms with Gasteiger partial charge in [-0.2, -0.15) is 0 Å². The van der Waals surface area contributed by atoms with Crippen molar-refractivity contribution in [1.29, 1.82) is 0 Å². The topological polar surface area (TPSA) is 73.1 Å². The smallest absolute Gasteiger partial charge is 0.224 e. The van der Waals surface area contributed by atoms with Crippen LogP contribution in [-0.4, -0.2) is 35.3 Å². The van der Waals surface area contributed by atoms with Crippen LogP contribution >= 0.6 is 11.6 Å². The highest BCUT2D eigenvalue weighted by molar-refractivity contribution is 6.28. The number of benzene rings is 1. The number of nitrogens with two attached hydrogens (primary N) is 1. The SMILES string of the molecule is NC1(CNc2nc(Cl)nc3ccccc23)COC1. The van der Waals surface area contributed by atoms with Crippen LogP contribution in [0.15, 0.2) is 24.3 Å². The minimum absolute atomic E-state index is 0.229. The van der Waals surface area contributed by atoms with E-state index in [1.807, 2.05) is 24.3 Å². The van der Waals surface area contributed by atoms with Gasteiger partial charge in [-0.15, -0.1) is 0 Å². The molecule has 1 saturated heterocycles. The first kappa shape index (κ1) is 11.6. The maximum absolute atomic E-state index is 6.07. The molecule has 0 atom stereocenters. The van der Waals surface area contributed by atoms with Crippen molar-refractivity contribution >= 4 is 28.3 Å². The van der Waals surface area contributed by atoms with E-state index in [1.54, 1.807) is 0 Å². The number of nitrogens with one attached hydrogen (secondary N) is 1. The molecule has 1 aromatic heterocycles. The minimum Gasteiger partial charge on any atom is -0.377 e. The monoisotopic (exact) mass is 264 g/mol. The second-order valence-electron chi connectivity index (χ2n) is 4.57. The molecule has 0 radical (unpaired) electrons. The molecule has 0 spiro atoms. The third-order valence-electron chi connectivity index (χ3n) is 2.96. The number of hydrogen-bond donors (Lipinski definition) is 2. The average molecular weight is 265 g/mol. The molecule has 1 aliphatic rings. The van der Waals surface area contributed by atoms with Crippen LogP contribution in [0.1, 0.15) is 0 Å². The maximum Gasteiger partial charge on any atom is 0.224 e. The van der Waals surface area contributed by atoms with Crippen LogP contribution in [0.2, 0.25) is 5.28 Å². The van der Waals surface area contributed by atoms with Gasteiger partial charge in [0.1, 0.15) is 5.82 Å². The Kier molecular flexibility index (Phi) is 2.81. The van der Waals surface area contributed by atoms with E-state index in [9.17, 15) is 0 Å². The molecular weight excluding hydrogens is 252 g/mol. The van der Waals surface area contributed by atoms with Crippen LogP contribution in [0.4, 0.5) is 5.82 Å². The van der Waals surface area contributed by atoms with E-state index in [4.69, 9.17) is 22.1 Å². The van der Waals surface area contributed by atoms with E-state index in [0.29, 0.717) is 25.6 Å². The van der Waals surface area contributed by atoms with Crippen LogP contribution in [-0.2, 0) is 4.74 Å². The summed E-state index contributed by atoms with van der Waals surface area (Å²) < 4.78 is 5.11. The Morgan fingerprint density at radius 1 is 1.33 bits per heavy atom. The summed E-state index contributed by atoms with van der Waals surface area (Å²) in [5, 5.41) is 4.40. The lowest BCUT2D eigenvalue weighted by atomic mass is 9.99. The second kappa shape index (κ2) is 4.35. The van der Waals surface area contributed by atoms with Crippen LogP contribution in [0.25, 0.3) is 10.9 Å². The second-order valence-corrected chi connectivity index (χ2v) is 4.91. The highest BCUT2D eigenvalue weighted by Gasteiger charge is 2.34. The van der Waals surface area contributed by atoms with Crippen molar-refractivity contribution in [3.63, 3.8) is 0 Å². The lowest BCUT2D eigenvalue weighted by molar-refractivity contribution is -0.0461. The number of ether oxygens (including phenoxy) is 1. The largest absolute Gasteiger partial charge is 0.377 e. The summed E-state index contributed by atoms with van der Waals surface area (Å²) in [4.78, 5) is 8.38. The normalized spacial score (nSPS) is 17.4. The third-order valence-corrected chi connectivity index (χ3v) is 3.13. The summed E-state index contributed by atoms with van der Waals surface area (Å²) >= 11 is 5.90. The fourth-order valence-corrected chi connectivity index (χ4v) is 2.08. The highest BCUT2D eigenvalue weighted by atomic mass is 35.5. The number of aromatic nitrogens is 2. The van der Waals surface area contributed by atoms with Crippen LogP contribution in [0.5, 0.6) is 0 Å². The Morgan fingerprint density at radius 3 is 2.83 bits per heavy atom. The number of halogens is 1. The van der Waals surface area contributed by atoms with Gasteiger partial charge in [-0.25, -0.2) is 9.97 Å². The summed E-state index contributed by atoms with van der Waals surface area (Å²) in [5.41, 5.74) is 6.58. The Bertz CT molecular complexity index is 585. The predicted octanol–water partition coefficient (Wildman–Crippen LogP) is 1.42. The standard InChI is InChI=1S/C12H13ClN4O/c13-11-16-9-4-2-1-3-8(9)10(17-11)15-5-12(14)6-18-7-12/h1-4H,5-7,14H2,(H,15,16,17). The van der Waals surface area contributed by atoms with Crippen molar-refractivity contribution in [2.24, 2.45) is 5.73 Å². The van der Waals surface area contributed by atoms with Crippen molar-refractivity contribution in [2.75, 3.05) is 25.1 Å². The number of hydrogen-bond acceptors (Lipinski definition) is 5.